The standard InChI is InChI=1S/C22H22N4O2S/c1-12-8-20(29-13(12)2)22(28)26-18(19-10-21(27)25-14(3)24-19)9-15-11-23-17-7-5-4-6-16(15)17/h4-8,10-11,18,23H,9H2,1-3H3,(H,26,28)(H,24,25,27)/t18-/m0/s1. The summed E-state index contributed by atoms with van der Waals surface area (Å²) >= 11 is 1.47. The molecule has 0 aliphatic carbocycles. The molecule has 0 aliphatic rings. The first kappa shape index (κ1) is 19.1. The number of carbonyl (C=O) groups is 1. The van der Waals surface area contributed by atoms with Crippen LogP contribution in [0.5, 0.6) is 0 Å². The van der Waals surface area contributed by atoms with E-state index < -0.39 is 6.04 Å². The van der Waals surface area contributed by atoms with Gasteiger partial charge in [0.15, 0.2) is 0 Å². The van der Waals surface area contributed by atoms with Gasteiger partial charge in [0.05, 0.1) is 16.6 Å². The number of carbonyl (C=O) groups excluding carboxylic acids is 1. The largest absolute Gasteiger partial charge is 0.361 e. The Bertz CT molecular complexity index is 1230. The fourth-order valence-electron chi connectivity index (χ4n) is 3.45. The number of aromatic nitrogens is 3. The normalized spacial score (nSPS) is 12.2. The van der Waals surface area contributed by atoms with Gasteiger partial charge in [-0.15, -0.1) is 11.3 Å². The summed E-state index contributed by atoms with van der Waals surface area (Å²) in [4.78, 5) is 37.2. The Balaban J connectivity index is 1.70. The van der Waals surface area contributed by atoms with E-state index in [2.05, 4.69) is 20.3 Å². The molecule has 1 atom stereocenters. The van der Waals surface area contributed by atoms with Gasteiger partial charge >= 0.3 is 0 Å². The number of fused-ring (bicyclic) bond motifs is 1. The van der Waals surface area contributed by atoms with Gasteiger partial charge in [0.2, 0.25) is 0 Å². The van der Waals surface area contributed by atoms with Crippen molar-refractivity contribution in [1.82, 2.24) is 20.3 Å². The molecule has 0 aliphatic heterocycles. The molecule has 4 aromatic rings. The lowest BCUT2D eigenvalue weighted by atomic mass is 10.0. The second-order valence-corrected chi connectivity index (χ2v) is 8.45. The van der Waals surface area contributed by atoms with E-state index in [-0.39, 0.29) is 11.5 Å². The first-order chi connectivity index (χ1) is 13.9. The van der Waals surface area contributed by atoms with Crippen LogP contribution in [0.3, 0.4) is 0 Å². The van der Waals surface area contributed by atoms with Gasteiger partial charge in [-0.05, 0) is 44.0 Å². The molecule has 0 radical (unpaired) electrons. The predicted octanol–water partition coefficient (Wildman–Crippen LogP) is 3.95. The molecule has 3 heterocycles. The highest BCUT2D eigenvalue weighted by Crippen LogP contribution is 2.25. The Labute approximate surface area is 172 Å². The number of thiophene rings is 1. The molecule has 0 spiro atoms. The van der Waals surface area contributed by atoms with Crippen LogP contribution in [0.4, 0.5) is 0 Å². The molecule has 3 aromatic heterocycles. The average molecular weight is 407 g/mol. The van der Waals surface area contributed by atoms with Gasteiger partial charge in [-0.3, -0.25) is 9.59 Å². The first-order valence-corrected chi connectivity index (χ1v) is 10.2. The minimum Gasteiger partial charge on any atom is -0.361 e. The number of aryl methyl sites for hydroxylation is 3. The summed E-state index contributed by atoms with van der Waals surface area (Å²) in [6.07, 6.45) is 2.47. The number of nitrogens with one attached hydrogen (secondary N) is 3. The topological polar surface area (TPSA) is 90.6 Å². The second kappa shape index (κ2) is 7.67. The lowest BCUT2D eigenvalue weighted by molar-refractivity contribution is 0.0939. The van der Waals surface area contributed by atoms with E-state index in [9.17, 15) is 9.59 Å². The minimum absolute atomic E-state index is 0.157. The molecule has 148 valence electrons. The first-order valence-electron chi connectivity index (χ1n) is 9.41. The predicted molar refractivity (Wildman–Crippen MR) is 116 cm³/mol. The van der Waals surface area contributed by atoms with E-state index in [0.717, 1.165) is 26.9 Å². The Hall–Kier alpha value is -3.19. The number of para-hydroxylation sites is 1. The molecule has 0 saturated heterocycles. The van der Waals surface area contributed by atoms with Gasteiger partial charge in [-0.2, -0.15) is 0 Å². The SMILES string of the molecule is Cc1nc([C@H](Cc2c[nH]c3ccccc23)NC(=O)c2cc(C)c(C)s2)cc(=O)[nH]1. The van der Waals surface area contributed by atoms with Crippen molar-refractivity contribution in [3.05, 3.63) is 85.3 Å². The fraction of sp³-hybridized carbons (Fsp3) is 0.227. The molecule has 6 nitrogen and oxygen atoms in total. The van der Waals surface area contributed by atoms with Crippen LogP contribution in [0.25, 0.3) is 10.9 Å². The molecular weight excluding hydrogens is 384 g/mol. The zero-order valence-corrected chi connectivity index (χ0v) is 17.3. The van der Waals surface area contributed by atoms with Crippen molar-refractivity contribution < 1.29 is 4.79 Å². The summed E-state index contributed by atoms with van der Waals surface area (Å²) in [5.41, 5.74) is 3.51. The molecule has 1 aromatic carbocycles. The van der Waals surface area contributed by atoms with E-state index in [1.807, 2.05) is 50.4 Å². The second-order valence-electron chi connectivity index (χ2n) is 7.20. The number of amides is 1. The van der Waals surface area contributed by atoms with Crippen molar-refractivity contribution >= 4 is 28.1 Å². The van der Waals surface area contributed by atoms with Crippen LogP contribution >= 0.6 is 11.3 Å². The fourth-order valence-corrected chi connectivity index (χ4v) is 4.38. The average Bonchev–Trinajstić information content (AvgIpc) is 3.24. The number of hydrogen-bond donors (Lipinski definition) is 3. The third-order valence-corrected chi connectivity index (χ3v) is 6.18. The Morgan fingerprint density at radius 3 is 2.72 bits per heavy atom. The number of benzene rings is 1. The summed E-state index contributed by atoms with van der Waals surface area (Å²) in [7, 11) is 0. The molecule has 29 heavy (non-hydrogen) atoms. The highest BCUT2D eigenvalue weighted by Gasteiger charge is 2.21. The third-order valence-electron chi connectivity index (χ3n) is 5.03. The highest BCUT2D eigenvalue weighted by atomic mass is 32.1. The maximum Gasteiger partial charge on any atom is 0.261 e. The molecule has 1 amide bonds. The van der Waals surface area contributed by atoms with Crippen molar-refractivity contribution in [2.45, 2.75) is 33.2 Å². The molecule has 0 bridgehead atoms. The van der Waals surface area contributed by atoms with E-state index in [0.29, 0.717) is 22.8 Å². The number of rotatable bonds is 5. The zero-order chi connectivity index (χ0) is 20.5. The summed E-state index contributed by atoms with van der Waals surface area (Å²) in [5.74, 6) is 0.365. The molecule has 0 saturated carbocycles. The van der Waals surface area contributed by atoms with Crippen molar-refractivity contribution in [2.24, 2.45) is 0 Å². The van der Waals surface area contributed by atoms with Crippen molar-refractivity contribution in [2.75, 3.05) is 0 Å². The van der Waals surface area contributed by atoms with Gasteiger partial charge in [-0.1, -0.05) is 18.2 Å². The molecule has 7 heteroatoms. The van der Waals surface area contributed by atoms with Gasteiger partial charge in [0.25, 0.3) is 11.5 Å². The molecule has 0 unspecified atom stereocenters. The summed E-state index contributed by atoms with van der Waals surface area (Å²) < 4.78 is 0. The molecule has 4 rings (SSSR count). The third kappa shape index (κ3) is 4.00. The summed E-state index contributed by atoms with van der Waals surface area (Å²) in [5, 5.41) is 4.18. The van der Waals surface area contributed by atoms with E-state index in [4.69, 9.17) is 0 Å². The van der Waals surface area contributed by atoms with E-state index in [1.54, 1.807) is 6.92 Å². The number of hydrogen-bond acceptors (Lipinski definition) is 4. The summed E-state index contributed by atoms with van der Waals surface area (Å²) in [6.45, 7) is 5.73. The molecule has 3 N–H and O–H groups in total. The van der Waals surface area contributed by atoms with Crippen LogP contribution in [-0.2, 0) is 6.42 Å². The zero-order valence-electron chi connectivity index (χ0n) is 16.5. The van der Waals surface area contributed by atoms with Crippen LogP contribution in [-0.4, -0.2) is 20.9 Å². The van der Waals surface area contributed by atoms with Crippen LogP contribution in [0.1, 0.15) is 43.2 Å². The van der Waals surface area contributed by atoms with E-state index in [1.165, 1.54) is 17.4 Å². The van der Waals surface area contributed by atoms with E-state index >= 15 is 0 Å². The van der Waals surface area contributed by atoms with Crippen molar-refractivity contribution in [3.63, 3.8) is 0 Å². The Kier molecular flexibility index (Phi) is 5.07. The Morgan fingerprint density at radius 1 is 1.21 bits per heavy atom. The van der Waals surface area contributed by atoms with Crippen LogP contribution in [0.15, 0.2) is 47.4 Å². The van der Waals surface area contributed by atoms with Gasteiger partial charge < -0.3 is 15.3 Å². The number of nitrogens with zero attached hydrogens (tertiary/aromatic N) is 1. The highest BCUT2D eigenvalue weighted by molar-refractivity contribution is 7.14. The lowest BCUT2D eigenvalue weighted by Crippen LogP contribution is -2.31. The van der Waals surface area contributed by atoms with Crippen LogP contribution in [0, 0.1) is 20.8 Å². The van der Waals surface area contributed by atoms with Gasteiger partial charge in [0.1, 0.15) is 5.82 Å². The van der Waals surface area contributed by atoms with Crippen LogP contribution in [0.2, 0.25) is 0 Å². The maximum atomic E-state index is 12.9. The monoisotopic (exact) mass is 406 g/mol. The molecular formula is C22H22N4O2S. The smallest absolute Gasteiger partial charge is 0.261 e. The van der Waals surface area contributed by atoms with Gasteiger partial charge in [0, 0.05) is 34.5 Å². The Morgan fingerprint density at radius 2 is 2.00 bits per heavy atom. The summed E-state index contributed by atoms with van der Waals surface area (Å²) in [6, 6.07) is 10.9. The number of H-pyrrole nitrogens is 2. The lowest BCUT2D eigenvalue weighted by Gasteiger charge is -2.18. The maximum absolute atomic E-state index is 12.9. The van der Waals surface area contributed by atoms with Crippen LogP contribution < -0.4 is 10.9 Å². The molecule has 0 fully saturated rings. The quantitative estimate of drug-likeness (QED) is 0.469. The number of aromatic amines is 2. The van der Waals surface area contributed by atoms with Gasteiger partial charge in [-0.25, -0.2) is 4.98 Å². The minimum atomic E-state index is -0.426. The van der Waals surface area contributed by atoms with Crippen molar-refractivity contribution in [1.29, 1.82) is 0 Å². The van der Waals surface area contributed by atoms with Crippen molar-refractivity contribution in [3.8, 4) is 0 Å².